The largest absolute Gasteiger partial charge is 0.511 e. The van der Waals surface area contributed by atoms with E-state index < -0.39 is 34.0 Å². The van der Waals surface area contributed by atoms with Gasteiger partial charge in [-0.05, 0) is 29.8 Å². The van der Waals surface area contributed by atoms with E-state index >= 15 is 0 Å². The molecule has 2 aromatic carbocycles. The zero-order chi connectivity index (χ0) is 20.5. The number of fused-ring (bicyclic) bond motifs is 1. The van der Waals surface area contributed by atoms with Crippen LogP contribution in [-0.4, -0.2) is 32.0 Å². The number of hydrogen-bond acceptors (Lipinski definition) is 5. The van der Waals surface area contributed by atoms with Gasteiger partial charge in [-0.2, -0.15) is 13.2 Å². The van der Waals surface area contributed by atoms with Gasteiger partial charge in [-0.15, -0.1) is 0 Å². The first kappa shape index (κ1) is 19.7. The Morgan fingerprint density at radius 1 is 1.14 bits per heavy atom. The van der Waals surface area contributed by atoms with Gasteiger partial charge in [0.15, 0.2) is 15.6 Å². The molecule has 10 heteroatoms. The van der Waals surface area contributed by atoms with Gasteiger partial charge in [-0.1, -0.05) is 30.3 Å². The SMILES string of the molecule is O=C(O)OC1=Cc2cc(S(=O)(=O)Cc3ccccc3)ccc2OC1C(F)(F)F. The third-order valence-corrected chi connectivity index (χ3v) is 5.53. The lowest BCUT2D eigenvalue weighted by Gasteiger charge is -2.27. The highest BCUT2D eigenvalue weighted by Crippen LogP contribution is 2.38. The van der Waals surface area contributed by atoms with Gasteiger partial charge < -0.3 is 14.6 Å². The summed E-state index contributed by atoms with van der Waals surface area (Å²) in [5, 5.41) is 8.66. The summed E-state index contributed by atoms with van der Waals surface area (Å²) >= 11 is 0. The lowest BCUT2D eigenvalue weighted by Crippen LogP contribution is -2.39. The Bertz CT molecular complexity index is 1030. The lowest BCUT2D eigenvalue weighted by atomic mass is 10.1. The fraction of sp³-hybridized carbons (Fsp3) is 0.167. The van der Waals surface area contributed by atoms with E-state index in [4.69, 9.17) is 9.84 Å². The molecule has 1 N–H and O–H groups in total. The van der Waals surface area contributed by atoms with Crippen molar-refractivity contribution >= 4 is 22.1 Å². The standard InChI is InChI=1S/C18H13F3O6S/c19-18(20,21)16-15(27-17(22)23)9-12-8-13(6-7-14(12)26-16)28(24,25)10-11-4-2-1-3-5-11/h1-9,16H,10H2,(H,22,23). The molecule has 0 aromatic heterocycles. The van der Waals surface area contributed by atoms with Crippen molar-refractivity contribution < 1.29 is 41.0 Å². The molecule has 1 atom stereocenters. The Morgan fingerprint density at radius 3 is 2.43 bits per heavy atom. The molecule has 1 heterocycles. The molecule has 0 bridgehead atoms. The first-order valence-electron chi connectivity index (χ1n) is 7.83. The zero-order valence-electron chi connectivity index (χ0n) is 14.0. The molecule has 1 aliphatic rings. The molecule has 6 nitrogen and oxygen atoms in total. The normalized spacial score (nSPS) is 16.5. The van der Waals surface area contributed by atoms with Crippen molar-refractivity contribution in [3.05, 3.63) is 65.4 Å². The minimum absolute atomic E-state index is 0.0362. The number of hydrogen-bond donors (Lipinski definition) is 1. The molecule has 1 unspecified atom stereocenters. The molecule has 3 rings (SSSR count). The topological polar surface area (TPSA) is 89.9 Å². The molecule has 0 fully saturated rings. The summed E-state index contributed by atoms with van der Waals surface area (Å²) in [6.07, 6.45) is -8.66. The average Bonchev–Trinajstić information content (AvgIpc) is 2.59. The van der Waals surface area contributed by atoms with E-state index in [1.807, 2.05) is 0 Å². The van der Waals surface area contributed by atoms with E-state index in [0.717, 1.165) is 24.3 Å². The molecule has 2 aromatic rings. The second-order valence-electron chi connectivity index (χ2n) is 5.90. The summed E-state index contributed by atoms with van der Waals surface area (Å²) in [6, 6.07) is 11.7. The predicted molar refractivity (Wildman–Crippen MR) is 91.3 cm³/mol. The van der Waals surface area contributed by atoms with Gasteiger partial charge in [0, 0.05) is 5.56 Å². The number of alkyl halides is 3. The van der Waals surface area contributed by atoms with Crippen LogP contribution in [0.15, 0.2) is 59.2 Å². The Balaban J connectivity index is 1.98. The van der Waals surface area contributed by atoms with Crippen LogP contribution in [-0.2, 0) is 20.3 Å². The van der Waals surface area contributed by atoms with Gasteiger partial charge in [-0.3, -0.25) is 0 Å². The predicted octanol–water partition coefficient (Wildman–Crippen LogP) is 4.02. The maximum atomic E-state index is 13.1. The number of sulfone groups is 1. The van der Waals surface area contributed by atoms with E-state index in [0.29, 0.717) is 5.56 Å². The summed E-state index contributed by atoms with van der Waals surface area (Å²) in [7, 11) is -3.79. The summed E-state index contributed by atoms with van der Waals surface area (Å²) in [5.41, 5.74) is 0.505. The Morgan fingerprint density at radius 2 is 1.82 bits per heavy atom. The van der Waals surface area contributed by atoms with Crippen LogP contribution in [0.4, 0.5) is 18.0 Å². The number of halogens is 3. The molecule has 0 amide bonds. The van der Waals surface area contributed by atoms with E-state index in [2.05, 4.69) is 4.74 Å². The van der Waals surface area contributed by atoms with Crippen LogP contribution >= 0.6 is 0 Å². The minimum Gasteiger partial charge on any atom is -0.472 e. The van der Waals surface area contributed by atoms with Crippen molar-refractivity contribution in [2.75, 3.05) is 0 Å². The fourth-order valence-electron chi connectivity index (χ4n) is 2.64. The van der Waals surface area contributed by atoms with E-state index in [1.54, 1.807) is 30.3 Å². The lowest BCUT2D eigenvalue weighted by molar-refractivity contribution is -0.191. The molecule has 0 spiro atoms. The fourth-order valence-corrected chi connectivity index (χ4v) is 4.02. The highest BCUT2D eigenvalue weighted by atomic mass is 32.2. The van der Waals surface area contributed by atoms with Gasteiger partial charge in [0.25, 0.3) is 6.10 Å². The summed E-state index contributed by atoms with van der Waals surface area (Å²) in [6.45, 7) is 0. The molecule has 28 heavy (non-hydrogen) atoms. The first-order chi connectivity index (χ1) is 13.1. The van der Waals surface area contributed by atoms with E-state index in [-0.39, 0.29) is 22.0 Å². The van der Waals surface area contributed by atoms with Crippen LogP contribution in [0.3, 0.4) is 0 Å². The Kier molecular flexibility index (Phi) is 5.07. The van der Waals surface area contributed by atoms with Crippen molar-refractivity contribution in [3.8, 4) is 5.75 Å². The van der Waals surface area contributed by atoms with Crippen molar-refractivity contribution in [2.45, 2.75) is 22.9 Å². The molecule has 0 saturated heterocycles. The van der Waals surface area contributed by atoms with E-state index in [1.165, 1.54) is 0 Å². The molecular weight excluding hydrogens is 401 g/mol. The van der Waals surface area contributed by atoms with Crippen LogP contribution in [0, 0.1) is 0 Å². The van der Waals surface area contributed by atoms with E-state index in [9.17, 15) is 26.4 Å². The Hall–Kier alpha value is -3.01. The number of rotatable bonds is 4. The second kappa shape index (κ2) is 7.19. The molecule has 0 radical (unpaired) electrons. The van der Waals surface area contributed by atoms with Crippen LogP contribution in [0.2, 0.25) is 0 Å². The quantitative estimate of drug-likeness (QED) is 0.760. The maximum Gasteiger partial charge on any atom is 0.511 e. The van der Waals surface area contributed by atoms with Crippen molar-refractivity contribution in [2.24, 2.45) is 0 Å². The highest BCUT2D eigenvalue weighted by Gasteiger charge is 2.48. The summed E-state index contributed by atoms with van der Waals surface area (Å²) < 4.78 is 73.6. The highest BCUT2D eigenvalue weighted by molar-refractivity contribution is 7.90. The number of carboxylic acid groups (broad SMARTS) is 1. The van der Waals surface area contributed by atoms with Crippen molar-refractivity contribution in [1.82, 2.24) is 0 Å². The molecule has 148 valence electrons. The molecule has 1 aliphatic heterocycles. The molecular formula is C18H13F3O6S. The van der Waals surface area contributed by atoms with Gasteiger partial charge in [-0.25, -0.2) is 13.2 Å². The number of benzene rings is 2. The maximum absolute atomic E-state index is 13.1. The summed E-state index contributed by atoms with van der Waals surface area (Å²) in [5.74, 6) is -1.54. The van der Waals surface area contributed by atoms with Crippen LogP contribution in [0.25, 0.3) is 6.08 Å². The molecule has 0 saturated carbocycles. The van der Waals surface area contributed by atoms with Crippen LogP contribution in [0.5, 0.6) is 5.75 Å². The smallest absolute Gasteiger partial charge is 0.472 e. The number of ether oxygens (including phenoxy) is 2. The van der Waals surface area contributed by atoms with Gasteiger partial charge in [0.05, 0.1) is 10.6 Å². The third kappa shape index (κ3) is 4.28. The van der Waals surface area contributed by atoms with Gasteiger partial charge in [0.1, 0.15) is 5.75 Å². The first-order valence-corrected chi connectivity index (χ1v) is 9.48. The Labute approximate surface area is 157 Å². The van der Waals surface area contributed by atoms with Crippen molar-refractivity contribution in [1.29, 1.82) is 0 Å². The van der Waals surface area contributed by atoms with Crippen LogP contribution < -0.4 is 4.74 Å². The zero-order valence-corrected chi connectivity index (χ0v) is 14.8. The van der Waals surface area contributed by atoms with Crippen molar-refractivity contribution in [3.63, 3.8) is 0 Å². The number of carbonyl (C=O) groups is 1. The summed E-state index contributed by atoms with van der Waals surface area (Å²) in [4.78, 5) is 10.6. The second-order valence-corrected chi connectivity index (χ2v) is 7.89. The monoisotopic (exact) mass is 414 g/mol. The van der Waals surface area contributed by atoms with Crippen LogP contribution in [0.1, 0.15) is 11.1 Å². The third-order valence-electron chi connectivity index (χ3n) is 3.84. The average molecular weight is 414 g/mol. The minimum atomic E-state index is -4.92. The van der Waals surface area contributed by atoms with Gasteiger partial charge >= 0.3 is 12.3 Å². The molecule has 0 aliphatic carbocycles. The van der Waals surface area contributed by atoms with Gasteiger partial charge in [0.2, 0.25) is 0 Å².